The first-order chi connectivity index (χ1) is 12.6. The van der Waals surface area contributed by atoms with E-state index in [0.717, 1.165) is 23.6 Å². The molecule has 0 saturated carbocycles. The average Bonchev–Trinajstić information content (AvgIpc) is 3.12. The van der Waals surface area contributed by atoms with Gasteiger partial charge in [0.05, 0.1) is 26.9 Å². The van der Waals surface area contributed by atoms with Crippen molar-refractivity contribution >= 4 is 17.0 Å². The minimum atomic E-state index is -0.426. The summed E-state index contributed by atoms with van der Waals surface area (Å²) in [5, 5.41) is 0. The van der Waals surface area contributed by atoms with Crippen LogP contribution < -0.4 is 9.47 Å². The monoisotopic (exact) mass is 354 g/mol. The van der Waals surface area contributed by atoms with Gasteiger partial charge in [-0.25, -0.2) is 9.78 Å². The molecule has 0 aliphatic carbocycles. The number of carbonyl (C=O) groups is 1. The number of nitrogens with zero attached hydrogens (tertiary/aromatic N) is 1. The van der Waals surface area contributed by atoms with Crippen LogP contribution in [0.1, 0.15) is 41.0 Å². The van der Waals surface area contributed by atoms with Crippen LogP contribution >= 0.6 is 0 Å². The molecule has 1 unspecified atom stereocenters. The molecule has 2 aromatic carbocycles. The lowest BCUT2D eigenvalue weighted by Crippen LogP contribution is -2.03. The number of hydrogen-bond donors (Lipinski definition) is 1. The Bertz CT molecular complexity index is 933. The van der Waals surface area contributed by atoms with Crippen molar-refractivity contribution in [3.63, 3.8) is 0 Å². The summed E-state index contributed by atoms with van der Waals surface area (Å²) in [7, 11) is 4.60. The van der Waals surface area contributed by atoms with Crippen molar-refractivity contribution < 1.29 is 19.0 Å². The number of carbonyl (C=O) groups excluding carboxylic acids is 1. The fraction of sp³-hybridized carbons (Fsp3) is 0.300. The first-order valence-corrected chi connectivity index (χ1v) is 8.41. The van der Waals surface area contributed by atoms with Crippen LogP contribution in [0.2, 0.25) is 0 Å². The maximum Gasteiger partial charge on any atom is 0.340 e. The number of hydrogen-bond acceptors (Lipinski definition) is 5. The Morgan fingerprint density at radius 2 is 1.96 bits per heavy atom. The molecule has 3 aromatic rings. The molecule has 0 aliphatic rings. The lowest BCUT2D eigenvalue weighted by atomic mass is 9.95. The number of rotatable bonds is 6. The molecular weight excluding hydrogens is 332 g/mol. The number of fused-ring (bicyclic) bond motifs is 1. The molecular formula is C20H22N2O4. The van der Waals surface area contributed by atoms with Gasteiger partial charge >= 0.3 is 5.97 Å². The molecule has 0 fully saturated rings. The lowest BCUT2D eigenvalue weighted by molar-refractivity contribution is 0.0603. The summed E-state index contributed by atoms with van der Waals surface area (Å²) in [6, 6.07) is 11.3. The minimum absolute atomic E-state index is 0.0349. The van der Waals surface area contributed by atoms with Crippen LogP contribution in [0.5, 0.6) is 11.5 Å². The van der Waals surface area contributed by atoms with Crippen molar-refractivity contribution in [2.75, 3.05) is 21.3 Å². The average molecular weight is 354 g/mol. The van der Waals surface area contributed by atoms with E-state index < -0.39 is 5.97 Å². The van der Waals surface area contributed by atoms with E-state index in [2.05, 4.69) is 11.9 Å². The number of esters is 1. The topological polar surface area (TPSA) is 73.4 Å². The number of ether oxygens (including phenoxy) is 3. The van der Waals surface area contributed by atoms with Gasteiger partial charge in [0.2, 0.25) is 0 Å². The van der Waals surface area contributed by atoms with Crippen molar-refractivity contribution in [2.24, 2.45) is 0 Å². The van der Waals surface area contributed by atoms with E-state index in [1.807, 2.05) is 24.3 Å². The molecule has 1 atom stereocenters. The molecule has 136 valence electrons. The van der Waals surface area contributed by atoms with Crippen LogP contribution in [-0.4, -0.2) is 37.3 Å². The van der Waals surface area contributed by atoms with Crippen LogP contribution in [0.25, 0.3) is 11.0 Å². The van der Waals surface area contributed by atoms with Gasteiger partial charge in [0.25, 0.3) is 0 Å². The zero-order valence-electron chi connectivity index (χ0n) is 15.3. The second-order valence-electron chi connectivity index (χ2n) is 5.89. The normalized spacial score (nSPS) is 12.0. The van der Waals surface area contributed by atoms with E-state index in [1.165, 1.54) is 7.11 Å². The SMILES string of the molecule is CCC(c1cccc(OC)c1)c1nc2c(C(=O)OC)ccc(OC)c2[nH]1. The van der Waals surface area contributed by atoms with E-state index in [1.54, 1.807) is 26.4 Å². The molecule has 0 saturated heterocycles. The van der Waals surface area contributed by atoms with Crippen LogP contribution in [0.15, 0.2) is 36.4 Å². The van der Waals surface area contributed by atoms with Gasteiger partial charge in [-0.15, -0.1) is 0 Å². The van der Waals surface area contributed by atoms with Gasteiger partial charge in [-0.3, -0.25) is 0 Å². The Balaban J connectivity index is 2.15. The number of H-pyrrole nitrogens is 1. The third-order valence-electron chi connectivity index (χ3n) is 4.48. The summed E-state index contributed by atoms with van der Waals surface area (Å²) in [6.45, 7) is 2.09. The largest absolute Gasteiger partial charge is 0.497 e. The van der Waals surface area contributed by atoms with Gasteiger partial charge in [-0.2, -0.15) is 0 Å². The highest BCUT2D eigenvalue weighted by Gasteiger charge is 2.22. The molecule has 6 heteroatoms. The Morgan fingerprint density at radius 1 is 1.15 bits per heavy atom. The molecule has 0 radical (unpaired) electrons. The standard InChI is InChI=1S/C20H22N2O4/c1-5-14(12-7-6-8-13(11-12)24-2)19-21-17-15(20(23)26-4)9-10-16(25-3)18(17)22-19/h6-11,14H,5H2,1-4H3,(H,21,22). The predicted octanol–water partition coefficient (Wildman–Crippen LogP) is 3.91. The van der Waals surface area contributed by atoms with Gasteiger partial charge in [-0.1, -0.05) is 19.1 Å². The third-order valence-corrected chi connectivity index (χ3v) is 4.48. The Kier molecular flexibility index (Phi) is 5.11. The van der Waals surface area contributed by atoms with Gasteiger partial charge in [-0.05, 0) is 36.2 Å². The van der Waals surface area contributed by atoms with Crippen LogP contribution in [0, 0.1) is 0 Å². The number of imidazole rings is 1. The highest BCUT2D eigenvalue weighted by Crippen LogP contribution is 2.33. The summed E-state index contributed by atoms with van der Waals surface area (Å²) in [6.07, 6.45) is 0.836. The van der Waals surface area contributed by atoms with Crippen molar-refractivity contribution in [1.82, 2.24) is 9.97 Å². The Morgan fingerprint density at radius 3 is 2.62 bits per heavy atom. The van der Waals surface area contributed by atoms with Gasteiger partial charge in [0.15, 0.2) is 0 Å². The van der Waals surface area contributed by atoms with E-state index in [-0.39, 0.29) is 5.92 Å². The Hall–Kier alpha value is -3.02. The number of benzene rings is 2. The molecule has 0 bridgehead atoms. The highest BCUT2D eigenvalue weighted by atomic mass is 16.5. The summed E-state index contributed by atoms with van der Waals surface area (Å²) >= 11 is 0. The highest BCUT2D eigenvalue weighted by molar-refractivity contribution is 6.03. The van der Waals surface area contributed by atoms with Gasteiger partial charge in [0.1, 0.15) is 28.4 Å². The van der Waals surface area contributed by atoms with Crippen molar-refractivity contribution in [3.8, 4) is 11.5 Å². The van der Waals surface area contributed by atoms with Crippen LogP contribution in [-0.2, 0) is 4.74 Å². The van der Waals surface area contributed by atoms with Crippen molar-refractivity contribution in [3.05, 3.63) is 53.3 Å². The second-order valence-corrected chi connectivity index (χ2v) is 5.89. The number of methoxy groups -OCH3 is 3. The number of aromatic amines is 1. The molecule has 1 aromatic heterocycles. The molecule has 1 N–H and O–H groups in total. The molecule has 6 nitrogen and oxygen atoms in total. The molecule has 0 spiro atoms. The fourth-order valence-electron chi connectivity index (χ4n) is 3.14. The fourth-order valence-corrected chi connectivity index (χ4v) is 3.14. The lowest BCUT2D eigenvalue weighted by Gasteiger charge is -2.13. The first-order valence-electron chi connectivity index (χ1n) is 8.41. The molecule has 3 rings (SSSR count). The van der Waals surface area contributed by atoms with E-state index in [4.69, 9.17) is 19.2 Å². The van der Waals surface area contributed by atoms with Gasteiger partial charge in [0, 0.05) is 5.92 Å². The quantitative estimate of drug-likeness (QED) is 0.680. The van der Waals surface area contributed by atoms with E-state index in [9.17, 15) is 4.79 Å². The summed E-state index contributed by atoms with van der Waals surface area (Å²) < 4.78 is 15.6. The van der Waals surface area contributed by atoms with Crippen molar-refractivity contribution in [2.45, 2.75) is 19.3 Å². The Labute approximate surface area is 152 Å². The second kappa shape index (κ2) is 7.47. The summed E-state index contributed by atoms with van der Waals surface area (Å²) in [5.74, 6) is 1.81. The van der Waals surface area contributed by atoms with Crippen molar-refractivity contribution in [1.29, 1.82) is 0 Å². The maximum atomic E-state index is 12.1. The number of aromatic nitrogens is 2. The predicted molar refractivity (Wildman–Crippen MR) is 99.1 cm³/mol. The minimum Gasteiger partial charge on any atom is -0.497 e. The maximum absolute atomic E-state index is 12.1. The zero-order valence-corrected chi connectivity index (χ0v) is 15.3. The summed E-state index contributed by atoms with van der Waals surface area (Å²) in [5.41, 5.74) is 2.73. The van der Waals surface area contributed by atoms with Crippen LogP contribution in [0.3, 0.4) is 0 Å². The third kappa shape index (κ3) is 3.10. The smallest absolute Gasteiger partial charge is 0.340 e. The zero-order chi connectivity index (χ0) is 18.7. The van der Waals surface area contributed by atoms with Crippen LogP contribution in [0.4, 0.5) is 0 Å². The molecule has 0 aliphatic heterocycles. The first kappa shape index (κ1) is 17.8. The molecule has 26 heavy (non-hydrogen) atoms. The molecule has 1 heterocycles. The van der Waals surface area contributed by atoms with E-state index >= 15 is 0 Å². The van der Waals surface area contributed by atoms with E-state index in [0.29, 0.717) is 22.3 Å². The van der Waals surface area contributed by atoms with Gasteiger partial charge < -0.3 is 19.2 Å². The molecule has 0 amide bonds. The number of nitrogens with one attached hydrogen (secondary N) is 1. The summed E-state index contributed by atoms with van der Waals surface area (Å²) in [4.78, 5) is 20.1.